The third-order valence-corrected chi connectivity index (χ3v) is 3.71. The van der Waals surface area contributed by atoms with Crippen LogP contribution >= 0.6 is 0 Å². The maximum absolute atomic E-state index is 12.4. The zero-order valence-electron chi connectivity index (χ0n) is 12.7. The number of aromatic nitrogens is 1. The molecule has 0 atom stereocenters. The SMILES string of the molecule is COc1cccc2[nH]c(C(=O)NN(CC(C)=O)C3CC3)cc12. The van der Waals surface area contributed by atoms with Gasteiger partial charge in [0.1, 0.15) is 17.2 Å². The maximum Gasteiger partial charge on any atom is 0.282 e. The Hall–Kier alpha value is -2.34. The van der Waals surface area contributed by atoms with E-state index in [9.17, 15) is 9.59 Å². The van der Waals surface area contributed by atoms with Gasteiger partial charge in [0.05, 0.1) is 13.7 Å². The Balaban J connectivity index is 1.80. The highest BCUT2D eigenvalue weighted by molar-refractivity contribution is 5.99. The van der Waals surface area contributed by atoms with Crippen molar-refractivity contribution in [1.29, 1.82) is 0 Å². The van der Waals surface area contributed by atoms with Crippen LogP contribution < -0.4 is 10.2 Å². The first-order chi connectivity index (χ1) is 10.6. The van der Waals surface area contributed by atoms with E-state index in [4.69, 9.17) is 4.74 Å². The number of nitrogens with one attached hydrogen (secondary N) is 2. The highest BCUT2D eigenvalue weighted by atomic mass is 16.5. The van der Waals surface area contributed by atoms with Crippen molar-refractivity contribution in [2.45, 2.75) is 25.8 Å². The average molecular weight is 301 g/mol. The summed E-state index contributed by atoms with van der Waals surface area (Å²) in [5.41, 5.74) is 4.12. The minimum atomic E-state index is -0.244. The smallest absolute Gasteiger partial charge is 0.282 e. The summed E-state index contributed by atoms with van der Waals surface area (Å²) in [6.45, 7) is 1.76. The molecule has 6 nitrogen and oxygen atoms in total. The van der Waals surface area contributed by atoms with Crippen molar-refractivity contribution in [3.8, 4) is 5.75 Å². The summed E-state index contributed by atoms with van der Waals surface area (Å²) >= 11 is 0. The normalized spacial score (nSPS) is 14.3. The number of ketones is 1. The molecule has 1 fully saturated rings. The van der Waals surface area contributed by atoms with Crippen LogP contribution in [0.15, 0.2) is 24.3 Å². The zero-order valence-corrected chi connectivity index (χ0v) is 12.7. The van der Waals surface area contributed by atoms with Crippen molar-refractivity contribution >= 4 is 22.6 Å². The molecule has 1 aromatic heterocycles. The minimum Gasteiger partial charge on any atom is -0.496 e. The highest BCUT2D eigenvalue weighted by Crippen LogP contribution is 2.27. The molecular weight excluding hydrogens is 282 g/mol. The third-order valence-electron chi connectivity index (χ3n) is 3.71. The summed E-state index contributed by atoms with van der Waals surface area (Å²) in [5.74, 6) is 0.507. The van der Waals surface area contributed by atoms with Gasteiger partial charge < -0.3 is 9.72 Å². The molecule has 1 saturated carbocycles. The van der Waals surface area contributed by atoms with Crippen molar-refractivity contribution in [3.05, 3.63) is 30.0 Å². The molecule has 1 aromatic carbocycles. The third kappa shape index (κ3) is 2.96. The monoisotopic (exact) mass is 301 g/mol. The summed E-state index contributed by atoms with van der Waals surface area (Å²) in [6, 6.07) is 7.65. The molecule has 1 amide bonds. The van der Waals surface area contributed by atoms with Gasteiger partial charge in [-0.2, -0.15) is 0 Å². The van der Waals surface area contributed by atoms with Gasteiger partial charge in [0, 0.05) is 16.9 Å². The van der Waals surface area contributed by atoms with Crippen LogP contribution in [0.3, 0.4) is 0 Å². The lowest BCUT2D eigenvalue weighted by Crippen LogP contribution is -2.46. The second kappa shape index (κ2) is 5.81. The van der Waals surface area contributed by atoms with E-state index in [1.165, 1.54) is 6.92 Å². The number of ether oxygens (including phenoxy) is 1. The first kappa shape index (κ1) is 14.6. The lowest BCUT2D eigenvalue weighted by molar-refractivity contribution is -0.118. The molecule has 2 N–H and O–H groups in total. The van der Waals surface area contributed by atoms with Crippen molar-refractivity contribution in [2.24, 2.45) is 0 Å². The first-order valence-corrected chi connectivity index (χ1v) is 7.31. The second-order valence-corrected chi connectivity index (χ2v) is 5.61. The Morgan fingerprint density at radius 1 is 1.41 bits per heavy atom. The van der Waals surface area contributed by atoms with Gasteiger partial charge in [-0.1, -0.05) is 6.07 Å². The summed E-state index contributed by atoms with van der Waals surface area (Å²) in [5, 5.41) is 2.59. The molecule has 0 aliphatic heterocycles. The number of aromatic amines is 1. The van der Waals surface area contributed by atoms with Gasteiger partial charge in [0.25, 0.3) is 5.91 Å². The zero-order chi connectivity index (χ0) is 15.7. The van der Waals surface area contributed by atoms with Crippen molar-refractivity contribution in [3.63, 3.8) is 0 Å². The van der Waals surface area contributed by atoms with Gasteiger partial charge in [0.2, 0.25) is 0 Å². The number of amides is 1. The molecule has 0 spiro atoms. The molecule has 2 aromatic rings. The van der Waals surface area contributed by atoms with Gasteiger partial charge in [0.15, 0.2) is 0 Å². The van der Waals surface area contributed by atoms with Crippen LogP contribution in [0.25, 0.3) is 10.9 Å². The predicted octanol–water partition coefficient (Wildman–Crippen LogP) is 1.87. The number of benzene rings is 1. The molecule has 0 radical (unpaired) electrons. The number of methoxy groups -OCH3 is 1. The fourth-order valence-corrected chi connectivity index (χ4v) is 2.50. The van der Waals surface area contributed by atoms with Gasteiger partial charge in [-0.3, -0.25) is 15.0 Å². The van der Waals surface area contributed by atoms with Gasteiger partial charge in [-0.05, 0) is 38.0 Å². The minimum absolute atomic E-state index is 0.0329. The van der Waals surface area contributed by atoms with Crippen LogP contribution in [0.4, 0.5) is 0 Å². The van der Waals surface area contributed by atoms with Crippen molar-refractivity contribution in [2.75, 3.05) is 13.7 Å². The number of carbonyl (C=O) groups is 2. The van der Waals surface area contributed by atoms with Crippen LogP contribution in [0.2, 0.25) is 0 Å². The molecule has 1 aliphatic carbocycles. The van der Waals surface area contributed by atoms with E-state index in [1.54, 1.807) is 18.2 Å². The van der Waals surface area contributed by atoms with Gasteiger partial charge >= 0.3 is 0 Å². The molecule has 0 unspecified atom stereocenters. The number of fused-ring (bicyclic) bond motifs is 1. The largest absolute Gasteiger partial charge is 0.496 e. The maximum atomic E-state index is 12.4. The van der Waals surface area contributed by atoms with E-state index in [-0.39, 0.29) is 24.3 Å². The molecule has 1 aliphatic rings. The van der Waals surface area contributed by atoms with E-state index >= 15 is 0 Å². The van der Waals surface area contributed by atoms with Gasteiger partial charge in [-0.15, -0.1) is 0 Å². The molecule has 1 heterocycles. The molecule has 0 bridgehead atoms. The fraction of sp³-hybridized carbons (Fsp3) is 0.375. The number of rotatable bonds is 6. The topological polar surface area (TPSA) is 74.4 Å². The van der Waals surface area contributed by atoms with Crippen molar-refractivity contribution in [1.82, 2.24) is 15.4 Å². The summed E-state index contributed by atoms with van der Waals surface area (Å²) in [6.07, 6.45) is 2.02. The molecular formula is C16H19N3O3. The molecule has 3 rings (SSSR count). The Morgan fingerprint density at radius 2 is 2.18 bits per heavy atom. The lowest BCUT2D eigenvalue weighted by atomic mass is 10.2. The van der Waals surface area contributed by atoms with Crippen LogP contribution in [-0.4, -0.2) is 41.4 Å². The number of Topliss-reactive ketones (excluding diaryl/α,β-unsaturated/α-hetero) is 1. The molecule has 6 heteroatoms. The van der Waals surface area contributed by atoms with E-state index < -0.39 is 0 Å². The van der Waals surface area contributed by atoms with E-state index in [1.807, 2.05) is 18.2 Å². The molecule has 116 valence electrons. The van der Waals surface area contributed by atoms with Crippen LogP contribution in [0.5, 0.6) is 5.75 Å². The Labute approximate surface area is 128 Å². The Morgan fingerprint density at radius 3 is 2.82 bits per heavy atom. The lowest BCUT2D eigenvalue weighted by Gasteiger charge is -2.20. The molecule has 0 saturated heterocycles. The van der Waals surface area contributed by atoms with E-state index in [0.29, 0.717) is 5.69 Å². The first-order valence-electron chi connectivity index (χ1n) is 7.31. The van der Waals surface area contributed by atoms with Crippen LogP contribution in [0.1, 0.15) is 30.3 Å². The van der Waals surface area contributed by atoms with E-state index in [2.05, 4.69) is 10.4 Å². The Kier molecular flexibility index (Phi) is 3.85. The van der Waals surface area contributed by atoms with E-state index in [0.717, 1.165) is 29.5 Å². The second-order valence-electron chi connectivity index (χ2n) is 5.61. The number of hydrogen-bond acceptors (Lipinski definition) is 4. The summed E-state index contributed by atoms with van der Waals surface area (Å²) < 4.78 is 5.30. The fourth-order valence-electron chi connectivity index (χ4n) is 2.50. The number of hydrazine groups is 1. The van der Waals surface area contributed by atoms with Crippen LogP contribution in [0, 0.1) is 0 Å². The number of H-pyrrole nitrogens is 1. The van der Waals surface area contributed by atoms with Crippen LogP contribution in [-0.2, 0) is 4.79 Å². The summed E-state index contributed by atoms with van der Waals surface area (Å²) in [7, 11) is 1.60. The predicted molar refractivity (Wildman–Crippen MR) is 82.7 cm³/mol. The molecule has 22 heavy (non-hydrogen) atoms. The van der Waals surface area contributed by atoms with Gasteiger partial charge in [-0.25, -0.2) is 5.01 Å². The quantitative estimate of drug-likeness (QED) is 0.799. The van der Waals surface area contributed by atoms with Crippen molar-refractivity contribution < 1.29 is 14.3 Å². The standard InChI is InChI=1S/C16H19N3O3/c1-10(20)9-19(11-6-7-11)18-16(21)14-8-12-13(17-14)4-3-5-15(12)22-2/h3-5,8,11,17H,6-7,9H2,1-2H3,(H,18,21). The highest BCUT2D eigenvalue weighted by Gasteiger charge is 2.31. The average Bonchev–Trinajstić information content (AvgIpc) is 3.23. The summed E-state index contributed by atoms with van der Waals surface area (Å²) in [4.78, 5) is 26.8. The number of nitrogens with zero attached hydrogens (tertiary/aromatic N) is 1. The number of carbonyl (C=O) groups excluding carboxylic acids is 2. The Bertz CT molecular complexity index is 718. The number of hydrogen-bond donors (Lipinski definition) is 2.